The Labute approximate surface area is 396 Å². The second-order valence-electron chi connectivity index (χ2n) is 17.2. The Hall–Kier alpha value is -7.04. The predicted molar refractivity (Wildman–Crippen MR) is 259 cm³/mol. The number of aryl methyl sites for hydroxylation is 7. The van der Waals surface area contributed by atoms with Crippen LogP contribution in [-0.4, -0.2) is 66.6 Å². The molecule has 0 amide bonds. The summed E-state index contributed by atoms with van der Waals surface area (Å²) in [5.74, 6) is -1.19. The van der Waals surface area contributed by atoms with E-state index >= 15 is 0 Å². The molecule has 0 saturated carbocycles. The van der Waals surface area contributed by atoms with Gasteiger partial charge >= 0.3 is 0 Å². The summed E-state index contributed by atoms with van der Waals surface area (Å²) in [5, 5.41) is 27.1. The highest BCUT2D eigenvalue weighted by atomic mass is 19.2. The van der Waals surface area contributed by atoms with Crippen molar-refractivity contribution in [3.05, 3.63) is 137 Å². The lowest BCUT2D eigenvalue weighted by atomic mass is 9.99. The number of carbonyl (C=O) groups is 2. The number of benzene rings is 3. The van der Waals surface area contributed by atoms with Crippen LogP contribution in [0.1, 0.15) is 139 Å². The molecule has 0 aliphatic carbocycles. The van der Waals surface area contributed by atoms with Gasteiger partial charge in [0.1, 0.15) is 5.75 Å². The maximum absolute atomic E-state index is 13.5. The molecule has 0 atom stereocenters. The molecule has 0 fully saturated rings. The average molecular weight is 931 g/mol. The molecule has 4 heterocycles. The molecule has 0 spiro atoms. The molecule has 0 aliphatic heterocycles. The number of carbonyl (C=O) groups excluding carboxylic acids is 2. The number of hydrogen-bond donors (Lipinski definition) is 5. The molecule has 0 radical (unpaired) electrons. The Kier molecular flexibility index (Phi) is 19.5. The molecule has 0 unspecified atom stereocenters. The maximum Gasteiger partial charge on any atom is 0.197 e. The Balaban J connectivity index is 0.000000226. The van der Waals surface area contributed by atoms with Crippen molar-refractivity contribution in [3.63, 3.8) is 0 Å². The maximum atomic E-state index is 13.5. The number of hydrogen-bond acceptors (Lipinski definition) is 11. The van der Waals surface area contributed by atoms with Gasteiger partial charge in [-0.05, 0) is 118 Å². The van der Waals surface area contributed by atoms with Gasteiger partial charge < -0.3 is 26.5 Å². The van der Waals surface area contributed by atoms with Gasteiger partial charge in [0.2, 0.25) is 0 Å². The predicted octanol–water partition coefficient (Wildman–Crippen LogP) is 9.79. The molecule has 4 aromatic heterocycles. The zero-order valence-corrected chi connectivity index (χ0v) is 39.0. The zero-order chi connectivity index (χ0) is 48.1. The number of H-pyrrole nitrogens is 2. The van der Waals surface area contributed by atoms with Gasteiger partial charge in [-0.3, -0.25) is 19.0 Å². The normalized spacial score (nSPS) is 11.2. The van der Waals surface area contributed by atoms with Gasteiger partial charge in [0.05, 0.1) is 29.3 Å². The number of aromatic nitrogens is 10. The molecule has 0 bridgehead atoms. The van der Waals surface area contributed by atoms with Crippen molar-refractivity contribution in [1.82, 2.24) is 49.9 Å². The smallest absolute Gasteiger partial charge is 0.197 e. The number of nitrogens with one attached hydrogen (secondary N) is 2. The van der Waals surface area contributed by atoms with Crippen LogP contribution in [0.5, 0.6) is 5.75 Å². The number of aromatic amines is 2. The fourth-order valence-corrected chi connectivity index (χ4v) is 7.87. The van der Waals surface area contributed by atoms with Crippen LogP contribution < -0.4 is 11.5 Å². The van der Waals surface area contributed by atoms with Crippen molar-refractivity contribution < 1.29 is 23.5 Å². The number of nitrogens with two attached hydrogens (primary N) is 2. The molecule has 7 aromatic rings. The highest BCUT2D eigenvalue weighted by Gasteiger charge is 2.14. The molecule has 7 rings (SSSR count). The lowest BCUT2D eigenvalue weighted by Gasteiger charge is -2.08. The Morgan fingerprint density at radius 2 is 1.13 bits per heavy atom. The molecule has 0 saturated heterocycles. The third kappa shape index (κ3) is 16.4. The first-order valence-corrected chi connectivity index (χ1v) is 23.8. The lowest BCUT2D eigenvalue weighted by molar-refractivity contribution is 0.0968. The van der Waals surface area contributed by atoms with E-state index in [2.05, 4.69) is 59.6 Å². The third-order valence-corrected chi connectivity index (χ3v) is 11.7. The molecular weight excluding hydrogens is 867 g/mol. The minimum absolute atomic E-state index is 0.193. The van der Waals surface area contributed by atoms with E-state index in [1.165, 1.54) is 43.0 Å². The van der Waals surface area contributed by atoms with Gasteiger partial charge in [-0.1, -0.05) is 79.4 Å². The Morgan fingerprint density at radius 1 is 0.603 bits per heavy atom. The van der Waals surface area contributed by atoms with Gasteiger partial charge in [-0.2, -0.15) is 0 Å². The number of anilines is 2. The molecule has 3 aromatic carbocycles. The molecule has 15 nitrogen and oxygen atoms in total. The number of ketones is 2. The minimum atomic E-state index is -0.973. The summed E-state index contributed by atoms with van der Waals surface area (Å²) in [7, 11) is 0. The Morgan fingerprint density at radius 3 is 1.66 bits per heavy atom. The number of aromatic hydroxyl groups is 1. The van der Waals surface area contributed by atoms with Crippen LogP contribution in [0.25, 0.3) is 11.1 Å². The van der Waals surface area contributed by atoms with Crippen LogP contribution in [0.2, 0.25) is 0 Å². The van der Waals surface area contributed by atoms with Crippen molar-refractivity contribution >= 4 is 23.5 Å². The third-order valence-electron chi connectivity index (χ3n) is 11.7. The summed E-state index contributed by atoms with van der Waals surface area (Å²) >= 11 is 0. The van der Waals surface area contributed by atoms with Crippen LogP contribution in [-0.2, 0) is 45.2 Å². The van der Waals surface area contributed by atoms with Gasteiger partial charge in [0.15, 0.2) is 35.1 Å². The summed E-state index contributed by atoms with van der Waals surface area (Å²) in [4.78, 5) is 39.1. The number of phenolic OH excluding ortho intramolecular Hbond substituents is 1. The number of nitrogens with zero attached hydrogens (tertiary/aromatic N) is 8. The van der Waals surface area contributed by atoms with Gasteiger partial charge in [-0.15, -0.1) is 10.2 Å². The number of unbranched alkanes of at least 4 members (excludes halogenated alkanes) is 6. The second-order valence-corrected chi connectivity index (χ2v) is 17.2. The quantitative estimate of drug-likeness (QED) is 0.0241. The highest BCUT2D eigenvalue weighted by molar-refractivity contribution is 5.99. The van der Waals surface area contributed by atoms with E-state index in [0.717, 1.165) is 124 Å². The molecular formula is C51H64F2N12O3. The van der Waals surface area contributed by atoms with Crippen LogP contribution in [0.15, 0.2) is 85.5 Å². The minimum Gasteiger partial charge on any atom is -0.507 e. The summed E-state index contributed by atoms with van der Waals surface area (Å²) in [6.07, 6.45) is 24.3. The van der Waals surface area contributed by atoms with E-state index < -0.39 is 11.6 Å². The molecule has 17 heteroatoms. The zero-order valence-electron chi connectivity index (χ0n) is 39.0. The van der Waals surface area contributed by atoms with Gasteiger partial charge in [0.25, 0.3) is 0 Å². The first-order chi connectivity index (χ1) is 33.0. The summed E-state index contributed by atoms with van der Waals surface area (Å²) < 4.78 is 30.2. The monoisotopic (exact) mass is 931 g/mol. The molecule has 360 valence electrons. The van der Waals surface area contributed by atoms with E-state index in [1.54, 1.807) is 23.1 Å². The van der Waals surface area contributed by atoms with Crippen molar-refractivity contribution in [2.75, 3.05) is 11.5 Å². The van der Waals surface area contributed by atoms with Crippen LogP contribution in [0.3, 0.4) is 0 Å². The van der Waals surface area contributed by atoms with Gasteiger partial charge in [-0.25, -0.2) is 18.7 Å². The summed E-state index contributed by atoms with van der Waals surface area (Å²) in [6.45, 7) is 3.47. The van der Waals surface area contributed by atoms with E-state index in [9.17, 15) is 23.5 Å². The van der Waals surface area contributed by atoms with Gasteiger partial charge in [0, 0.05) is 55.3 Å². The highest BCUT2D eigenvalue weighted by Crippen LogP contribution is 2.29. The summed E-state index contributed by atoms with van der Waals surface area (Å²) in [5.41, 5.74) is 18.4. The van der Waals surface area contributed by atoms with Crippen molar-refractivity contribution in [2.24, 2.45) is 0 Å². The molecule has 68 heavy (non-hydrogen) atoms. The van der Waals surface area contributed by atoms with E-state index in [4.69, 9.17) is 11.5 Å². The first-order valence-electron chi connectivity index (χ1n) is 23.8. The van der Waals surface area contributed by atoms with Crippen molar-refractivity contribution in [2.45, 2.75) is 136 Å². The second kappa shape index (κ2) is 26.3. The fraction of sp³-hybridized carbons (Fsp3) is 0.412. The average Bonchev–Trinajstić information content (AvgIpc) is 4.17. The summed E-state index contributed by atoms with van der Waals surface area (Å²) in [6, 6.07) is 16.1. The van der Waals surface area contributed by atoms with E-state index in [0.29, 0.717) is 42.4 Å². The number of Topliss-reactive ketones (excluding diaryl/α,β-unsaturated/α-hetero) is 2. The van der Waals surface area contributed by atoms with Crippen molar-refractivity contribution in [3.8, 4) is 16.9 Å². The number of halogens is 2. The number of phenols is 1. The van der Waals surface area contributed by atoms with Crippen molar-refractivity contribution in [1.29, 1.82) is 0 Å². The number of imidazole rings is 2. The topological polar surface area (TPSA) is 225 Å². The van der Waals surface area contributed by atoms with E-state index in [1.807, 2.05) is 29.2 Å². The van der Waals surface area contributed by atoms with Crippen LogP contribution >= 0.6 is 0 Å². The fourth-order valence-electron chi connectivity index (χ4n) is 7.87. The number of nitrogen functional groups attached to an aromatic ring is 2. The largest absolute Gasteiger partial charge is 0.507 e. The SMILES string of the molecule is CCCCCc1ccc(C(=O)CCCn2cc(CCCCCc3cnc(N)[nH]3)nn2)cc1.Nc1ncc(CCCCCc2cn(CCCC(=O)c3ccc(-c4ccc(F)c(F)c4)cc3O)nn2)[nH]1. The molecule has 7 N–H and O–H groups in total. The molecule has 0 aliphatic rings. The lowest BCUT2D eigenvalue weighted by Crippen LogP contribution is -2.04. The first kappa shape index (κ1) is 50.4. The number of rotatable bonds is 27. The van der Waals surface area contributed by atoms with Crippen LogP contribution in [0, 0.1) is 11.6 Å². The van der Waals surface area contributed by atoms with Crippen LogP contribution in [0.4, 0.5) is 20.7 Å². The standard InChI is InChI=1S/C26H28F2N6O2.C25H36N6O/c27-22-11-9-17(13-23(22)28)18-8-10-21(25(36)14-18)24(35)7-4-12-34-16-20(32-33-34)6-3-1-2-5-19-15-30-26(29)31-19;1-2-3-5-9-20-13-15-21(16-14-20)24(32)12-8-17-31-19-23(29-30-31)11-7-4-6-10-22-18-27-25(26)28-22/h8-11,13-16,36H,1-7,12H2,(H3,29,30,31);13-16,18-19H,2-12,17H2,1H3,(H3,26,27,28). The van der Waals surface area contributed by atoms with E-state index in [-0.39, 0.29) is 29.3 Å². The Bertz CT molecular complexity index is 2630.